The van der Waals surface area contributed by atoms with E-state index in [9.17, 15) is 4.79 Å². The van der Waals surface area contributed by atoms with Crippen molar-refractivity contribution in [1.82, 2.24) is 15.2 Å². The molecule has 2 rings (SSSR count). The number of carbonyl (C=O) groups is 1. The molecule has 2 fully saturated rings. The number of nitrogens with zero attached hydrogens (tertiary/aromatic N) is 2. The van der Waals surface area contributed by atoms with Crippen LogP contribution in [0.5, 0.6) is 0 Å². The summed E-state index contributed by atoms with van der Waals surface area (Å²) in [6.45, 7) is 10.4. The highest BCUT2D eigenvalue weighted by Crippen LogP contribution is 2.30. The molecule has 1 saturated heterocycles. The molecule has 0 aromatic rings. The third-order valence-electron chi connectivity index (χ3n) is 4.04. The van der Waals surface area contributed by atoms with Gasteiger partial charge in [0.1, 0.15) is 0 Å². The fourth-order valence-electron chi connectivity index (χ4n) is 2.62. The lowest BCUT2D eigenvalue weighted by atomic mass is 9.91. The van der Waals surface area contributed by atoms with Gasteiger partial charge in [-0.25, -0.2) is 5.84 Å². The number of piperazine rings is 1. The summed E-state index contributed by atoms with van der Waals surface area (Å²) < 4.78 is 0. The Labute approximate surface area is 110 Å². The maximum absolute atomic E-state index is 11.7. The van der Waals surface area contributed by atoms with Crippen LogP contribution >= 0.6 is 0 Å². The Morgan fingerprint density at radius 3 is 2.28 bits per heavy atom. The summed E-state index contributed by atoms with van der Waals surface area (Å²) in [6, 6.07) is 0. The number of hydrogen-bond donors (Lipinski definition) is 2. The number of amides is 1. The molecule has 104 valence electrons. The second kappa shape index (κ2) is 5.55. The summed E-state index contributed by atoms with van der Waals surface area (Å²) in [5, 5.41) is 0. The van der Waals surface area contributed by atoms with E-state index in [2.05, 4.69) is 15.2 Å². The summed E-state index contributed by atoms with van der Waals surface area (Å²) in [6.07, 6.45) is 2.84. The smallest absolute Gasteiger partial charge is 0.240 e. The highest BCUT2D eigenvalue weighted by atomic mass is 16.2. The number of carbonyl (C=O) groups excluding carboxylic acids is 1. The van der Waals surface area contributed by atoms with Crippen molar-refractivity contribution in [3.8, 4) is 0 Å². The molecule has 0 atom stereocenters. The molecule has 1 aliphatic heterocycles. The van der Waals surface area contributed by atoms with Crippen LogP contribution in [0.3, 0.4) is 0 Å². The number of hydrazine groups is 1. The topological polar surface area (TPSA) is 61.6 Å². The molecule has 1 saturated carbocycles. The summed E-state index contributed by atoms with van der Waals surface area (Å²) in [5.74, 6) is 6.11. The van der Waals surface area contributed by atoms with Crippen molar-refractivity contribution in [2.24, 2.45) is 17.2 Å². The average molecular weight is 254 g/mol. The Morgan fingerprint density at radius 1 is 1.22 bits per heavy atom. The lowest BCUT2D eigenvalue weighted by molar-refractivity contribution is -0.130. The van der Waals surface area contributed by atoms with Crippen LogP contribution in [-0.4, -0.2) is 55.0 Å². The predicted octanol–water partition coefficient (Wildman–Crippen LogP) is 0.0301. The zero-order valence-electron chi connectivity index (χ0n) is 11.6. The molecule has 0 aromatic heterocycles. The molecule has 5 heteroatoms. The van der Waals surface area contributed by atoms with E-state index in [4.69, 9.17) is 5.84 Å². The maximum Gasteiger partial charge on any atom is 0.240 e. The first kappa shape index (κ1) is 13.8. The molecular weight excluding hydrogens is 228 g/mol. The average Bonchev–Trinajstić information content (AvgIpc) is 3.14. The van der Waals surface area contributed by atoms with Gasteiger partial charge in [-0.1, -0.05) is 0 Å². The van der Waals surface area contributed by atoms with Gasteiger partial charge in [-0.3, -0.25) is 15.1 Å². The van der Waals surface area contributed by atoms with Gasteiger partial charge in [0.05, 0.1) is 5.41 Å². The molecule has 1 heterocycles. The SMILES string of the molecule is CC(C)(CN1CCN(CC2CC2)CC1)C(=O)NN. The van der Waals surface area contributed by atoms with Crippen molar-refractivity contribution in [3.63, 3.8) is 0 Å². The zero-order chi connectivity index (χ0) is 13.2. The molecule has 0 bridgehead atoms. The van der Waals surface area contributed by atoms with E-state index in [1.165, 1.54) is 19.4 Å². The Balaban J connectivity index is 1.73. The minimum Gasteiger partial charge on any atom is -0.301 e. The van der Waals surface area contributed by atoms with E-state index < -0.39 is 5.41 Å². The summed E-state index contributed by atoms with van der Waals surface area (Å²) in [7, 11) is 0. The van der Waals surface area contributed by atoms with Crippen molar-refractivity contribution in [2.45, 2.75) is 26.7 Å². The Hall–Kier alpha value is -0.650. The number of hydrogen-bond acceptors (Lipinski definition) is 4. The minimum absolute atomic E-state index is 0.0806. The molecular formula is C13H26N4O. The highest BCUT2D eigenvalue weighted by Gasteiger charge is 2.32. The summed E-state index contributed by atoms with van der Waals surface area (Å²) in [4.78, 5) is 16.6. The van der Waals surface area contributed by atoms with Crippen LogP contribution in [0.15, 0.2) is 0 Å². The van der Waals surface area contributed by atoms with Crippen LogP contribution in [-0.2, 0) is 4.79 Å². The fourth-order valence-corrected chi connectivity index (χ4v) is 2.62. The summed E-state index contributed by atoms with van der Waals surface area (Å²) >= 11 is 0. The first-order valence-electron chi connectivity index (χ1n) is 6.97. The first-order valence-corrected chi connectivity index (χ1v) is 6.97. The van der Waals surface area contributed by atoms with Crippen molar-refractivity contribution in [3.05, 3.63) is 0 Å². The van der Waals surface area contributed by atoms with Gasteiger partial charge in [-0.05, 0) is 32.6 Å². The van der Waals surface area contributed by atoms with E-state index in [0.717, 1.165) is 38.6 Å². The maximum atomic E-state index is 11.7. The number of nitrogens with one attached hydrogen (secondary N) is 1. The zero-order valence-corrected chi connectivity index (χ0v) is 11.6. The van der Waals surface area contributed by atoms with Crippen molar-refractivity contribution >= 4 is 5.91 Å². The largest absolute Gasteiger partial charge is 0.301 e. The molecule has 5 nitrogen and oxygen atoms in total. The molecule has 18 heavy (non-hydrogen) atoms. The first-order chi connectivity index (χ1) is 8.51. The Bertz CT molecular complexity index is 293. The van der Waals surface area contributed by atoms with Gasteiger partial charge in [0, 0.05) is 39.3 Å². The van der Waals surface area contributed by atoms with Gasteiger partial charge in [0.15, 0.2) is 0 Å². The Kier molecular flexibility index (Phi) is 4.25. The van der Waals surface area contributed by atoms with Crippen molar-refractivity contribution in [2.75, 3.05) is 39.3 Å². The van der Waals surface area contributed by atoms with Crippen LogP contribution in [0, 0.1) is 11.3 Å². The molecule has 1 aliphatic carbocycles. The van der Waals surface area contributed by atoms with Crippen LogP contribution in [0.2, 0.25) is 0 Å². The lowest BCUT2D eigenvalue weighted by Crippen LogP contribution is -2.53. The van der Waals surface area contributed by atoms with Crippen LogP contribution < -0.4 is 11.3 Å². The van der Waals surface area contributed by atoms with E-state index in [-0.39, 0.29) is 5.91 Å². The lowest BCUT2D eigenvalue weighted by Gasteiger charge is -2.38. The van der Waals surface area contributed by atoms with Gasteiger partial charge in [0.25, 0.3) is 0 Å². The molecule has 0 aromatic carbocycles. The van der Waals surface area contributed by atoms with E-state index in [0.29, 0.717) is 0 Å². The van der Waals surface area contributed by atoms with Crippen LogP contribution in [0.4, 0.5) is 0 Å². The Morgan fingerprint density at radius 2 is 1.78 bits per heavy atom. The molecule has 1 amide bonds. The van der Waals surface area contributed by atoms with Gasteiger partial charge in [-0.15, -0.1) is 0 Å². The molecule has 0 radical (unpaired) electrons. The third kappa shape index (κ3) is 3.67. The van der Waals surface area contributed by atoms with Gasteiger partial charge in [-0.2, -0.15) is 0 Å². The third-order valence-corrected chi connectivity index (χ3v) is 4.04. The molecule has 2 aliphatic rings. The number of nitrogens with two attached hydrogens (primary N) is 1. The second-order valence-electron chi connectivity index (χ2n) is 6.38. The predicted molar refractivity (Wildman–Crippen MR) is 71.7 cm³/mol. The van der Waals surface area contributed by atoms with Gasteiger partial charge >= 0.3 is 0 Å². The second-order valence-corrected chi connectivity index (χ2v) is 6.38. The quantitative estimate of drug-likeness (QED) is 0.413. The minimum atomic E-state index is -0.409. The fraction of sp³-hybridized carbons (Fsp3) is 0.923. The molecule has 0 spiro atoms. The van der Waals surface area contributed by atoms with Crippen LogP contribution in [0.1, 0.15) is 26.7 Å². The highest BCUT2D eigenvalue weighted by molar-refractivity contribution is 5.81. The molecule has 3 N–H and O–H groups in total. The monoisotopic (exact) mass is 254 g/mol. The van der Waals surface area contributed by atoms with Gasteiger partial charge < -0.3 is 4.90 Å². The number of rotatable bonds is 5. The van der Waals surface area contributed by atoms with E-state index in [1.807, 2.05) is 13.8 Å². The van der Waals surface area contributed by atoms with Gasteiger partial charge in [0.2, 0.25) is 5.91 Å². The van der Waals surface area contributed by atoms with Crippen LogP contribution in [0.25, 0.3) is 0 Å². The van der Waals surface area contributed by atoms with Crippen molar-refractivity contribution in [1.29, 1.82) is 0 Å². The molecule has 0 unspecified atom stereocenters. The normalized spacial score (nSPS) is 23.1. The standard InChI is InChI=1S/C13H26N4O/c1-13(2,12(18)15-14)10-17-7-5-16(6-8-17)9-11-3-4-11/h11H,3-10,14H2,1-2H3,(H,15,18). The van der Waals surface area contributed by atoms with Crippen molar-refractivity contribution < 1.29 is 4.79 Å². The summed E-state index contributed by atoms with van der Waals surface area (Å²) in [5.41, 5.74) is 1.85. The van der Waals surface area contributed by atoms with E-state index in [1.54, 1.807) is 0 Å². The van der Waals surface area contributed by atoms with E-state index >= 15 is 0 Å².